The molecule has 1 aromatic rings. The van der Waals surface area contributed by atoms with Gasteiger partial charge in [-0.3, -0.25) is 4.90 Å². The van der Waals surface area contributed by atoms with E-state index < -0.39 is 0 Å². The molecule has 20 heavy (non-hydrogen) atoms. The Labute approximate surface area is 129 Å². The van der Waals surface area contributed by atoms with E-state index in [2.05, 4.69) is 39.0 Å². The normalized spacial score (nSPS) is 27.9. The number of halogens is 1. The van der Waals surface area contributed by atoms with Crippen LogP contribution >= 0.6 is 15.9 Å². The third-order valence-electron chi connectivity index (χ3n) is 4.82. The van der Waals surface area contributed by atoms with Crippen LogP contribution in [0.2, 0.25) is 0 Å². The SMILES string of the molecule is NCC1(N2CCCOCC2)CCc2cc(Br)ccc2C1. The summed E-state index contributed by atoms with van der Waals surface area (Å²) in [6.07, 6.45) is 4.48. The van der Waals surface area contributed by atoms with Gasteiger partial charge in [-0.05, 0) is 48.9 Å². The largest absolute Gasteiger partial charge is 0.380 e. The first-order valence-corrected chi connectivity index (χ1v) is 8.33. The number of nitrogens with two attached hydrogens (primary N) is 1. The average Bonchev–Trinajstić information content (AvgIpc) is 2.76. The highest BCUT2D eigenvalue weighted by molar-refractivity contribution is 9.10. The van der Waals surface area contributed by atoms with Crippen LogP contribution < -0.4 is 5.73 Å². The van der Waals surface area contributed by atoms with Crippen LogP contribution in [-0.4, -0.2) is 43.3 Å². The van der Waals surface area contributed by atoms with Gasteiger partial charge in [-0.15, -0.1) is 0 Å². The molecule has 0 spiro atoms. The van der Waals surface area contributed by atoms with Crippen LogP contribution in [0.15, 0.2) is 22.7 Å². The van der Waals surface area contributed by atoms with Gasteiger partial charge in [0.05, 0.1) is 6.61 Å². The summed E-state index contributed by atoms with van der Waals surface area (Å²) in [7, 11) is 0. The lowest BCUT2D eigenvalue weighted by Crippen LogP contribution is -2.57. The number of aryl methyl sites for hydroxylation is 1. The molecule has 2 aliphatic rings. The Morgan fingerprint density at radius 1 is 1.25 bits per heavy atom. The topological polar surface area (TPSA) is 38.5 Å². The van der Waals surface area contributed by atoms with Crippen molar-refractivity contribution in [3.63, 3.8) is 0 Å². The molecule has 1 aliphatic heterocycles. The van der Waals surface area contributed by atoms with Crippen molar-refractivity contribution in [1.82, 2.24) is 4.90 Å². The van der Waals surface area contributed by atoms with E-state index >= 15 is 0 Å². The molecule has 0 radical (unpaired) electrons. The second-order valence-corrected chi connectivity index (χ2v) is 6.89. The Morgan fingerprint density at radius 3 is 3.00 bits per heavy atom. The summed E-state index contributed by atoms with van der Waals surface area (Å²) in [6.45, 7) is 4.60. The maximum Gasteiger partial charge on any atom is 0.0593 e. The van der Waals surface area contributed by atoms with Crippen LogP contribution in [0.4, 0.5) is 0 Å². The fourth-order valence-electron chi connectivity index (χ4n) is 3.60. The smallest absolute Gasteiger partial charge is 0.0593 e. The second kappa shape index (κ2) is 6.14. The van der Waals surface area contributed by atoms with Gasteiger partial charge < -0.3 is 10.5 Å². The van der Waals surface area contributed by atoms with E-state index in [0.717, 1.165) is 58.5 Å². The molecule has 0 aromatic heterocycles. The number of fused-ring (bicyclic) bond motifs is 1. The highest BCUT2D eigenvalue weighted by Crippen LogP contribution is 2.34. The third-order valence-corrected chi connectivity index (χ3v) is 5.31. The predicted molar refractivity (Wildman–Crippen MR) is 85.0 cm³/mol. The number of hydrogen-bond acceptors (Lipinski definition) is 3. The first-order valence-electron chi connectivity index (χ1n) is 7.54. The molecule has 1 aromatic carbocycles. The van der Waals surface area contributed by atoms with Crippen LogP contribution in [0.3, 0.4) is 0 Å². The summed E-state index contributed by atoms with van der Waals surface area (Å²) in [6, 6.07) is 6.68. The Morgan fingerprint density at radius 2 is 2.15 bits per heavy atom. The lowest BCUT2D eigenvalue weighted by atomic mass is 9.76. The maximum absolute atomic E-state index is 6.22. The molecular weight excluding hydrogens is 316 g/mol. The van der Waals surface area contributed by atoms with Crippen molar-refractivity contribution < 1.29 is 4.74 Å². The molecule has 2 N–H and O–H groups in total. The third kappa shape index (κ3) is 2.80. The summed E-state index contributed by atoms with van der Waals surface area (Å²) in [5, 5.41) is 0. The van der Waals surface area contributed by atoms with Crippen molar-refractivity contribution >= 4 is 15.9 Å². The van der Waals surface area contributed by atoms with Gasteiger partial charge in [-0.2, -0.15) is 0 Å². The van der Waals surface area contributed by atoms with Gasteiger partial charge in [-0.1, -0.05) is 22.0 Å². The number of hydrogen-bond donors (Lipinski definition) is 1. The van der Waals surface area contributed by atoms with Crippen LogP contribution in [-0.2, 0) is 17.6 Å². The predicted octanol–water partition coefficient (Wildman–Crippen LogP) is 2.36. The van der Waals surface area contributed by atoms with E-state index in [1.807, 2.05) is 0 Å². The molecule has 1 heterocycles. The number of rotatable bonds is 2. The fourth-order valence-corrected chi connectivity index (χ4v) is 4.01. The Bertz CT molecular complexity index is 472. The quantitative estimate of drug-likeness (QED) is 0.899. The van der Waals surface area contributed by atoms with Crippen molar-refractivity contribution in [2.75, 3.05) is 32.8 Å². The van der Waals surface area contributed by atoms with Gasteiger partial charge in [0.1, 0.15) is 0 Å². The van der Waals surface area contributed by atoms with E-state index in [-0.39, 0.29) is 5.54 Å². The van der Waals surface area contributed by atoms with Crippen LogP contribution in [0, 0.1) is 0 Å². The van der Waals surface area contributed by atoms with E-state index in [1.165, 1.54) is 15.6 Å². The first-order chi connectivity index (χ1) is 9.73. The highest BCUT2D eigenvalue weighted by atomic mass is 79.9. The number of nitrogens with zero attached hydrogens (tertiary/aromatic N) is 1. The molecule has 1 atom stereocenters. The average molecular weight is 339 g/mol. The Hall–Kier alpha value is -0.420. The highest BCUT2D eigenvalue weighted by Gasteiger charge is 2.38. The zero-order valence-corrected chi connectivity index (χ0v) is 13.5. The zero-order valence-electron chi connectivity index (χ0n) is 11.9. The lowest BCUT2D eigenvalue weighted by Gasteiger charge is -2.46. The molecule has 1 aliphatic carbocycles. The minimum absolute atomic E-state index is 0.133. The van der Waals surface area contributed by atoms with Crippen LogP contribution in [0.5, 0.6) is 0 Å². The molecule has 4 heteroatoms. The lowest BCUT2D eigenvalue weighted by molar-refractivity contribution is 0.0707. The van der Waals surface area contributed by atoms with Gasteiger partial charge >= 0.3 is 0 Å². The number of ether oxygens (including phenoxy) is 1. The van der Waals surface area contributed by atoms with Crippen molar-refractivity contribution in [2.24, 2.45) is 5.73 Å². The standard InChI is InChI=1S/C16H23BrN2O/c17-15-3-2-14-11-16(12-18,5-4-13(14)10-15)19-6-1-8-20-9-7-19/h2-3,10H,1,4-9,11-12,18H2. The monoisotopic (exact) mass is 338 g/mol. The summed E-state index contributed by atoms with van der Waals surface area (Å²) in [4.78, 5) is 2.59. The molecule has 1 saturated heterocycles. The van der Waals surface area contributed by atoms with E-state index in [4.69, 9.17) is 10.5 Å². The van der Waals surface area contributed by atoms with Gasteiger partial charge in [0, 0.05) is 36.3 Å². The van der Waals surface area contributed by atoms with Crippen molar-refractivity contribution in [1.29, 1.82) is 0 Å². The van der Waals surface area contributed by atoms with E-state index in [1.54, 1.807) is 0 Å². The first kappa shape index (κ1) is 14.5. The van der Waals surface area contributed by atoms with Crippen LogP contribution in [0.25, 0.3) is 0 Å². The fraction of sp³-hybridized carbons (Fsp3) is 0.625. The molecule has 3 nitrogen and oxygen atoms in total. The molecule has 0 bridgehead atoms. The van der Waals surface area contributed by atoms with Crippen molar-refractivity contribution in [3.05, 3.63) is 33.8 Å². The summed E-state index contributed by atoms with van der Waals surface area (Å²) in [5.41, 5.74) is 9.30. The molecule has 3 rings (SSSR count). The maximum atomic E-state index is 6.22. The summed E-state index contributed by atoms with van der Waals surface area (Å²) >= 11 is 3.57. The van der Waals surface area contributed by atoms with E-state index in [9.17, 15) is 0 Å². The molecule has 0 amide bonds. The van der Waals surface area contributed by atoms with Gasteiger partial charge in [0.2, 0.25) is 0 Å². The van der Waals surface area contributed by atoms with Crippen molar-refractivity contribution in [3.8, 4) is 0 Å². The van der Waals surface area contributed by atoms with Crippen molar-refractivity contribution in [2.45, 2.75) is 31.2 Å². The van der Waals surface area contributed by atoms with Gasteiger partial charge in [0.25, 0.3) is 0 Å². The Balaban J connectivity index is 1.85. The molecule has 1 fully saturated rings. The number of benzene rings is 1. The summed E-state index contributed by atoms with van der Waals surface area (Å²) in [5.74, 6) is 0. The Kier molecular flexibility index (Phi) is 4.46. The zero-order chi connectivity index (χ0) is 14.0. The second-order valence-electron chi connectivity index (χ2n) is 5.97. The van der Waals surface area contributed by atoms with E-state index in [0.29, 0.717) is 0 Å². The molecule has 0 saturated carbocycles. The minimum atomic E-state index is 0.133. The molecule has 110 valence electrons. The molecular formula is C16H23BrN2O. The van der Waals surface area contributed by atoms with Crippen LogP contribution in [0.1, 0.15) is 24.0 Å². The molecule has 1 unspecified atom stereocenters. The summed E-state index contributed by atoms with van der Waals surface area (Å²) < 4.78 is 6.78. The minimum Gasteiger partial charge on any atom is -0.380 e. The van der Waals surface area contributed by atoms with Gasteiger partial charge in [-0.25, -0.2) is 0 Å². The van der Waals surface area contributed by atoms with Gasteiger partial charge in [0.15, 0.2) is 0 Å².